The predicted molar refractivity (Wildman–Crippen MR) is 56.2 cm³/mol. The highest BCUT2D eigenvalue weighted by Crippen LogP contribution is 2.26. The van der Waals surface area contributed by atoms with Crippen LogP contribution in [0.4, 0.5) is 14.5 Å². The molecule has 0 atom stereocenters. The van der Waals surface area contributed by atoms with E-state index in [1.807, 2.05) is 0 Å². The van der Waals surface area contributed by atoms with E-state index in [2.05, 4.69) is 5.32 Å². The maximum Gasteiger partial charge on any atom is 0.150 e. The van der Waals surface area contributed by atoms with Crippen molar-refractivity contribution in [3.8, 4) is 0 Å². The number of anilines is 1. The third kappa shape index (κ3) is 3.64. The van der Waals surface area contributed by atoms with Gasteiger partial charge in [-0.1, -0.05) is 11.6 Å². The molecule has 0 spiro atoms. The second kappa shape index (κ2) is 5.88. The summed E-state index contributed by atoms with van der Waals surface area (Å²) >= 11 is 5.66. The minimum absolute atomic E-state index is 0.0245. The first kappa shape index (κ1) is 12.2. The first-order chi connectivity index (χ1) is 7.15. The van der Waals surface area contributed by atoms with Gasteiger partial charge in [0, 0.05) is 19.2 Å². The molecule has 0 aliphatic carbocycles. The fourth-order valence-electron chi connectivity index (χ4n) is 1.16. The summed E-state index contributed by atoms with van der Waals surface area (Å²) in [5, 5.41) is 11.3. The summed E-state index contributed by atoms with van der Waals surface area (Å²) in [7, 11) is 0. The predicted octanol–water partition coefficient (Wildman–Crippen LogP) is 2.80. The lowest BCUT2D eigenvalue weighted by Gasteiger charge is -2.09. The molecule has 0 aromatic heterocycles. The molecule has 0 aliphatic rings. The maximum absolute atomic E-state index is 13.2. The molecule has 0 unspecified atom stereocenters. The molecular weight excluding hydrogens is 224 g/mol. The molecule has 0 fully saturated rings. The Morgan fingerprint density at radius 2 is 2.00 bits per heavy atom. The topological polar surface area (TPSA) is 32.3 Å². The molecule has 1 rings (SSSR count). The van der Waals surface area contributed by atoms with Crippen LogP contribution in [-0.4, -0.2) is 18.3 Å². The zero-order valence-electron chi connectivity index (χ0n) is 8.06. The van der Waals surface area contributed by atoms with Gasteiger partial charge in [0.05, 0.1) is 10.7 Å². The zero-order chi connectivity index (χ0) is 11.3. The first-order valence-electron chi connectivity index (χ1n) is 4.64. The Balaban J connectivity index is 2.60. The van der Waals surface area contributed by atoms with Crippen molar-refractivity contribution >= 4 is 17.3 Å². The molecule has 1 aromatic carbocycles. The average Bonchev–Trinajstić information content (AvgIpc) is 2.15. The summed E-state index contributed by atoms with van der Waals surface area (Å²) in [5.74, 6) is -1.40. The van der Waals surface area contributed by atoms with E-state index in [4.69, 9.17) is 16.7 Å². The minimum Gasteiger partial charge on any atom is -0.396 e. The Morgan fingerprint density at radius 1 is 1.27 bits per heavy atom. The Bertz CT molecular complexity index is 310. The number of halogens is 3. The second-order valence-corrected chi connectivity index (χ2v) is 3.51. The van der Waals surface area contributed by atoms with Crippen molar-refractivity contribution in [1.29, 1.82) is 0 Å². The van der Waals surface area contributed by atoms with Crippen LogP contribution in [0.25, 0.3) is 0 Å². The van der Waals surface area contributed by atoms with E-state index in [9.17, 15) is 8.78 Å². The van der Waals surface area contributed by atoms with Gasteiger partial charge >= 0.3 is 0 Å². The van der Waals surface area contributed by atoms with E-state index >= 15 is 0 Å². The molecule has 2 N–H and O–H groups in total. The highest BCUT2D eigenvalue weighted by Gasteiger charge is 2.08. The first-order valence-corrected chi connectivity index (χ1v) is 5.02. The number of aliphatic hydroxyl groups excluding tert-OH is 1. The van der Waals surface area contributed by atoms with Gasteiger partial charge in [-0.15, -0.1) is 0 Å². The molecule has 0 heterocycles. The van der Waals surface area contributed by atoms with Gasteiger partial charge in [-0.3, -0.25) is 0 Å². The highest BCUT2D eigenvalue weighted by molar-refractivity contribution is 6.33. The summed E-state index contributed by atoms with van der Waals surface area (Å²) < 4.78 is 25.9. The summed E-state index contributed by atoms with van der Waals surface area (Å²) in [6.45, 7) is 0.587. The lowest BCUT2D eigenvalue weighted by atomic mass is 10.2. The van der Waals surface area contributed by atoms with Gasteiger partial charge in [0.15, 0.2) is 5.82 Å². The molecule has 2 nitrogen and oxygen atoms in total. The van der Waals surface area contributed by atoms with Crippen LogP contribution in [0.3, 0.4) is 0 Å². The van der Waals surface area contributed by atoms with Crippen molar-refractivity contribution in [3.05, 3.63) is 28.8 Å². The third-order valence-electron chi connectivity index (χ3n) is 1.89. The monoisotopic (exact) mass is 235 g/mol. The number of hydrogen-bond donors (Lipinski definition) is 2. The van der Waals surface area contributed by atoms with E-state index in [0.717, 1.165) is 12.1 Å². The van der Waals surface area contributed by atoms with Gasteiger partial charge in [-0.25, -0.2) is 8.78 Å². The van der Waals surface area contributed by atoms with Gasteiger partial charge in [0.25, 0.3) is 0 Å². The zero-order valence-corrected chi connectivity index (χ0v) is 8.82. The van der Waals surface area contributed by atoms with E-state index in [0.29, 0.717) is 19.4 Å². The van der Waals surface area contributed by atoms with Crippen LogP contribution in [0.2, 0.25) is 5.02 Å². The minimum atomic E-state index is -0.705. The van der Waals surface area contributed by atoms with Crippen LogP contribution in [-0.2, 0) is 0 Å². The van der Waals surface area contributed by atoms with Gasteiger partial charge in [-0.05, 0) is 18.9 Å². The molecule has 0 bridgehead atoms. The van der Waals surface area contributed by atoms with E-state index in [-0.39, 0.29) is 17.3 Å². The number of aliphatic hydroxyl groups is 1. The second-order valence-electron chi connectivity index (χ2n) is 3.10. The molecule has 0 saturated carbocycles. The Hall–Kier alpha value is -0.870. The normalized spacial score (nSPS) is 10.4. The van der Waals surface area contributed by atoms with Crippen molar-refractivity contribution in [2.24, 2.45) is 0 Å². The van der Waals surface area contributed by atoms with Gasteiger partial charge in [0.1, 0.15) is 5.82 Å². The number of benzene rings is 1. The molecule has 0 amide bonds. The maximum atomic E-state index is 13.2. The van der Waals surface area contributed by atoms with Crippen molar-refractivity contribution in [2.75, 3.05) is 18.5 Å². The lowest BCUT2D eigenvalue weighted by Crippen LogP contribution is -2.05. The van der Waals surface area contributed by atoms with Crippen LogP contribution >= 0.6 is 11.6 Å². The molecular formula is C10H12ClF2NO. The van der Waals surface area contributed by atoms with Crippen LogP contribution in [0.5, 0.6) is 0 Å². The molecule has 0 saturated heterocycles. The number of unbranched alkanes of at least 4 members (excludes halogenated alkanes) is 1. The van der Waals surface area contributed by atoms with Crippen LogP contribution < -0.4 is 5.32 Å². The quantitative estimate of drug-likeness (QED) is 0.770. The van der Waals surface area contributed by atoms with Crippen molar-refractivity contribution < 1.29 is 13.9 Å². The summed E-state index contributed by atoms with van der Waals surface area (Å²) in [6.07, 6.45) is 1.33. The summed E-state index contributed by atoms with van der Waals surface area (Å²) in [6, 6.07) is 1.83. The van der Waals surface area contributed by atoms with E-state index in [1.165, 1.54) is 0 Å². The van der Waals surface area contributed by atoms with Crippen molar-refractivity contribution in [3.63, 3.8) is 0 Å². The van der Waals surface area contributed by atoms with Gasteiger partial charge in [-0.2, -0.15) is 0 Å². The van der Waals surface area contributed by atoms with E-state index < -0.39 is 11.6 Å². The summed E-state index contributed by atoms with van der Waals surface area (Å²) in [4.78, 5) is 0. The SMILES string of the molecule is OCCCCNc1c(F)cc(F)cc1Cl. The lowest BCUT2D eigenvalue weighted by molar-refractivity contribution is 0.286. The van der Waals surface area contributed by atoms with Crippen LogP contribution in [0.1, 0.15) is 12.8 Å². The average molecular weight is 236 g/mol. The van der Waals surface area contributed by atoms with Crippen LogP contribution in [0.15, 0.2) is 12.1 Å². The number of rotatable bonds is 5. The Morgan fingerprint density at radius 3 is 2.60 bits per heavy atom. The molecule has 1 aromatic rings. The molecule has 84 valence electrons. The molecule has 0 radical (unpaired) electrons. The fourth-order valence-corrected chi connectivity index (χ4v) is 1.42. The smallest absolute Gasteiger partial charge is 0.150 e. The highest BCUT2D eigenvalue weighted by atomic mass is 35.5. The van der Waals surface area contributed by atoms with Crippen LogP contribution in [0, 0.1) is 11.6 Å². The largest absolute Gasteiger partial charge is 0.396 e. The summed E-state index contributed by atoms with van der Waals surface area (Å²) in [5.41, 5.74) is 0.107. The van der Waals surface area contributed by atoms with Gasteiger partial charge < -0.3 is 10.4 Å². The Kier molecular flexibility index (Phi) is 4.78. The van der Waals surface area contributed by atoms with Gasteiger partial charge in [0.2, 0.25) is 0 Å². The van der Waals surface area contributed by atoms with Crippen molar-refractivity contribution in [1.82, 2.24) is 0 Å². The molecule has 5 heteroatoms. The Labute approximate surface area is 91.9 Å². The number of nitrogens with one attached hydrogen (secondary N) is 1. The van der Waals surface area contributed by atoms with E-state index in [1.54, 1.807) is 0 Å². The molecule has 0 aliphatic heterocycles. The standard InChI is InChI=1S/C10H12ClF2NO/c11-8-5-7(12)6-9(13)10(8)14-3-1-2-4-15/h5-6,14-15H,1-4H2. The third-order valence-corrected chi connectivity index (χ3v) is 2.19. The fraction of sp³-hybridized carbons (Fsp3) is 0.400. The van der Waals surface area contributed by atoms with Crippen molar-refractivity contribution in [2.45, 2.75) is 12.8 Å². The number of hydrogen-bond acceptors (Lipinski definition) is 2. The molecule has 15 heavy (non-hydrogen) atoms.